The van der Waals surface area contributed by atoms with Crippen molar-refractivity contribution in [2.45, 2.75) is 31.5 Å². The number of para-hydroxylation sites is 1. The van der Waals surface area contributed by atoms with Gasteiger partial charge in [0.05, 0.1) is 35.0 Å². The Labute approximate surface area is 184 Å². The van der Waals surface area contributed by atoms with Gasteiger partial charge in [-0.05, 0) is 41.6 Å². The number of carbonyl (C=O) groups is 1. The summed E-state index contributed by atoms with van der Waals surface area (Å²) in [5.41, 5.74) is 3.28. The number of benzene rings is 2. The normalized spacial score (nSPS) is 23.0. The monoisotopic (exact) mass is 431 g/mol. The van der Waals surface area contributed by atoms with Gasteiger partial charge >= 0.3 is 5.72 Å². The van der Waals surface area contributed by atoms with Gasteiger partial charge in [-0.25, -0.2) is 5.01 Å². The lowest BCUT2D eigenvalue weighted by Gasteiger charge is -2.44. The summed E-state index contributed by atoms with van der Waals surface area (Å²) < 4.78 is 12.2. The second kappa shape index (κ2) is 6.59. The first kappa shape index (κ1) is 18.4. The molecule has 1 aromatic heterocycles. The van der Waals surface area contributed by atoms with Crippen molar-refractivity contribution in [1.82, 2.24) is 5.01 Å². The molecular weight excluding hydrogens is 410 g/mol. The van der Waals surface area contributed by atoms with Crippen molar-refractivity contribution in [2.24, 2.45) is 5.10 Å². The molecule has 31 heavy (non-hydrogen) atoms. The van der Waals surface area contributed by atoms with Gasteiger partial charge in [-0.3, -0.25) is 4.79 Å². The highest BCUT2D eigenvalue weighted by molar-refractivity contribution is 7.12. The third kappa shape index (κ3) is 2.44. The molecule has 6 rings (SSSR count). The van der Waals surface area contributed by atoms with Crippen LogP contribution in [0.2, 0.25) is 0 Å². The van der Waals surface area contributed by atoms with Crippen LogP contribution in [0.1, 0.15) is 41.0 Å². The van der Waals surface area contributed by atoms with Crippen LogP contribution in [-0.2, 0) is 16.9 Å². The largest absolute Gasteiger partial charge is 0.493 e. The van der Waals surface area contributed by atoms with Crippen molar-refractivity contribution in [3.63, 3.8) is 0 Å². The van der Waals surface area contributed by atoms with Gasteiger partial charge in [-0.2, -0.15) is 5.10 Å². The first-order valence-electron chi connectivity index (χ1n) is 10.4. The molecule has 3 aliphatic rings. The van der Waals surface area contributed by atoms with Crippen LogP contribution in [0.25, 0.3) is 0 Å². The fraction of sp³-hybridized carbons (Fsp3) is 0.250. The van der Waals surface area contributed by atoms with E-state index >= 15 is 0 Å². The summed E-state index contributed by atoms with van der Waals surface area (Å²) in [7, 11) is 1.62. The fourth-order valence-electron chi connectivity index (χ4n) is 4.75. The number of amides is 1. The lowest BCUT2D eigenvalue weighted by atomic mass is 9.92. The smallest absolute Gasteiger partial charge is 0.306 e. The molecule has 1 amide bonds. The Morgan fingerprint density at radius 3 is 2.97 bits per heavy atom. The third-order valence-electron chi connectivity index (χ3n) is 6.29. The predicted molar refractivity (Wildman–Crippen MR) is 120 cm³/mol. The van der Waals surface area contributed by atoms with E-state index in [0.717, 1.165) is 39.4 Å². The van der Waals surface area contributed by atoms with Crippen molar-refractivity contribution in [3.8, 4) is 11.5 Å². The lowest BCUT2D eigenvalue weighted by Crippen LogP contribution is -2.55. The molecule has 7 heteroatoms. The predicted octanol–water partition coefficient (Wildman–Crippen LogP) is 4.67. The summed E-state index contributed by atoms with van der Waals surface area (Å²) in [5, 5.41) is 11.9. The molecule has 1 N–H and O–H groups in total. The quantitative estimate of drug-likeness (QED) is 0.655. The van der Waals surface area contributed by atoms with Crippen LogP contribution in [0.4, 0.5) is 5.69 Å². The highest BCUT2D eigenvalue weighted by atomic mass is 32.1. The Balaban J connectivity index is 1.61. The molecule has 0 unspecified atom stereocenters. The zero-order valence-electron chi connectivity index (χ0n) is 17.2. The van der Waals surface area contributed by atoms with E-state index in [4.69, 9.17) is 14.6 Å². The summed E-state index contributed by atoms with van der Waals surface area (Å²) in [6, 6.07) is 15.9. The second-order valence-electron chi connectivity index (χ2n) is 7.90. The Morgan fingerprint density at radius 1 is 1.29 bits per heavy atom. The van der Waals surface area contributed by atoms with E-state index in [1.807, 2.05) is 46.8 Å². The van der Waals surface area contributed by atoms with Crippen LogP contribution in [0, 0.1) is 0 Å². The van der Waals surface area contributed by atoms with Crippen molar-refractivity contribution in [3.05, 3.63) is 75.5 Å². The summed E-state index contributed by atoms with van der Waals surface area (Å²) in [6.07, 6.45) is 1.56. The van der Waals surface area contributed by atoms with E-state index in [-0.39, 0.29) is 11.9 Å². The zero-order chi connectivity index (χ0) is 21.2. The Kier molecular flexibility index (Phi) is 3.92. The van der Waals surface area contributed by atoms with E-state index in [1.165, 1.54) is 0 Å². The third-order valence-corrected chi connectivity index (χ3v) is 7.21. The minimum atomic E-state index is -1.37. The number of hydrazone groups is 1. The van der Waals surface area contributed by atoms with E-state index in [1.54, 1.807) is 18.4 Å². The maximum atomic E-state index is 13.6. The van der Waals surface area contributed by atoms with E-state index < -0.39 is 5.72 Å². The molecule has 0 fully saturated rings. The number of ether oxygens (including phenoxy) is 2. The minimum Gasteiger partial charge on any atom is -0.493 e. The van der Waals surface area contributed by atoms with Gasteiger partial charge in [0, 0.05) is 12.0 Å². The molecule has 156 valence electrons. The Bertz CT molecular complexity index is 1240. The maximum absolute atomic E-state index is 13.6. The van der Waals surface area contributed by atoms with Gasteiger partial charge in [-0.1, -0.05) is 31.2 Å². The van der Waals surface area contributed by atoms with Crippen LogP contribution in [0.3, 0.4) is 0 Å². The van der Waals surface area contributed by atoms with Crippen LogP contribution in [0.5, 0.6) is 11.5 Å². The van der Waals surface area contributed by atoms with E-state index in [2.05, 4.69) is 24.4 Å². The first-order valence-corrected chi connectivity index (χ1v) is 11.2. The second-order valence-corrected chi connectivity index (χ2v) is 8.85. The first-order chi connectivity index (χ1) is 15.2. The van der Waals surface area contributed by atoms with Crippen molar-refractivity contribution < 1.29 is 14.3 Å². The van der Waals surface area contributed by atoms with E-state index in [9.17, 15) is 4.79 Å². The van der Waals surface area contributed by atoms with Gasteiger partial charge < -0.3 is 14.8 Å². The molecule has 0 aliphatic carbocycles. The summed E-state index contributed by atoms with van der Waals surface area (Å²) in [6.45, 7) is 2.10. The number of nitrogens with one attached hydrogen (secondary N) is 1. The molecule has 1 spiro atoms. The molecule has 4 heterocycles. The lowest BCUT2D eigenvalue weighted by molar-refractivity contribution is -0.161. The molecule has 2 atom stereocenters. The molecule has 3 aromatic rings. The van der Waals surface area contributed by atoms with Gasteiger partial charge in [0.15, 0.2) is 11.5 Å². The van der Waals surface area contributed by atoms with Crippen LogP contribution >= 0.6 is 11.3 Å². The number of aryl methyl sites for hydroxylation is 1. The molecular formula is C24H21N3O3S. The SMILES string of the molecule is CCc1ccc2c(c1)[C@@]1(Oc3c(OC)cccc3[C@H]3CC(c4cccs4)=NN31)C(=O)N2. The number of fused-ring (bicyclic) bond motifs is 6. The average molecular weight is 432 g/mol. The fourth-order valence-corrected chi connectivity index (χ4v) is 5.47. The van der Waals surface area contributed by atoms with Crippen LogP contribution in [-0.4, -0.2) is 23.7 Å². The number of rotatable bonds is 3. The molecule has 0 radical (unpaired) electrons. The Morgan fingerprint density at radius 2 is 2.19 bits per heavy atom. The van der Waals surface area contributed by atoms with Gasteiger partial charge in [0.1, 0.15) is 0 Å². The minimum absolute atomic E-state index is 0.127. The standard InChI is InChI=1S/C24H21N3O3S/c1-3-14-9-10-17-16(12-14)24(23(28)25-17)27-19(13-18(26-27)21-8-5-11-31-21)15-6-4-7-20(29-2)22(15)30-24/h4-12,19H,3,13H2,1-2H3,(H,25,28)/t19-,24-/m1/s1. The van der Waals surface area contributed by atoms with E-state index in [0.29, 0.717) is 17.9 Å². The van der Waals surface area contributed by atoms with Gasteiger partial charge in [0.25, 0.3) is 5.91 Å². The number of hydrogen-bond donors (Lipinski definition) is 1. The van der Waals surface area contributed by atoms with Crippen molar-refractivity contribution in [1.29, 1.82) is 0 Å². The summed E-state index contributed by atoms with van der Waals surface area (Å²) in [4.78, 5) is 14.7. The number of methoxy groups -OCH3 is 1. The Hall–Kier alpha value is -3.32. The number of nitrogens with zero attached hydrogens (tertiary/aromatic N) is 2. The van der Waals surface area contributed by atoms with Crippen molar-refractivity contribution >= 4 is 28.6 Å². The molecule has 0 bridgehead atoms. The van der Waals surface area contributed by atoms with Gasteiger partial charge in [0.2, 0.25) is 0 Å². The number of thiophene rings is 1. The maximum Gasteiger partial charge on any atom is 0.306 e. The molecule has 2 aromatic carbocycles. The number of carbonyl (C=O) groups excluding carboxylic acids is 1. The average Bonchev–Trinajstić information content (AvgIpc) is 3.52. The molecule has 3 aliphatic heterocycles. The summed E-state index contributed by atoms with van der Waals surface area (Å²) in [5.74, 6) is 1.00. The molecule has 0 saturated heterocycles. The van der Waals surface area contributed by atoms with Crippen LogP contribution < -0.4 is 14.8 Å². The highest BCUT2D eigenvalue weighted by Gasteiger charge is 2.61. The highest BCUT2D eigenvalue weighted by Crippen LogP contribution is 2.56. The van der Waals surface area contributed by atoms with Crippen molar-refractivity contribution in [2.75, 3.05) is 12.4 Å². The molecule has 6 nitrogen and oxygen atoms in total. The number of hydrogen-bond acceptors (Lipinski definition) is 6. The summed E-state index contributed by atoms with van der Waals surface area (Å²) >= 11 is 1.65. The zero-order valence-corrected chi connectivity index (χ0v) is 18.0. The topological polar surface area (TPSA) is 63.2 Å². The van der Waals surface area contributed by atoms with Crippen LogP contribution in [0.15, 0.2) is 59.0 Å². The van der Waals surface area contributed by atoms with Gasteiger partial charge in [-0.15, -0.1) is 11.3 Å². The molecule has 0 saturated carbocycles. The number of anilines is 1.